The molecule has 1 atom stereocenters. The second-order valence-electron chi connectivity index (χ2n) is 4.92. The Morgan fingerprint density at radius 2 is 1.79 bits per heavy atom. The summed E-state index contributed by atoms with van der Waals surface area (Å²) in [5, 5.41) is 0. The largest absolute Gasteiger partial charge is 0.328 e. The predicted molar refractivity (Wildman–Crippen MR) is 64.5 cm³/mol. The van der Waals surface area contributed by atoms with Crippen molar-refractivity contribution in [2.45, 2.75) is 65.0 Å². The van der Waals surface area contributed by atoms with Crippen LogP contribution in [0.5, 0.6) is 0 Å². The van der Waals surface area contributed by atoms with E-state index in [1.54, 1.807) is 0 Å². The third kappa shape index (κ3) is 4.97. The van der Waals surface area contributed by atoms with Gasteiger partial charge in [-0.25, -0.2) is 0 Å². The van der Waals surface area contributed by atoms with E-state index in [0.717, 1.165) is 19.4 Å². The second kappa shape index (κ2) is 6.41. The van der Waals surface area contributed by atoms with Gasteiger partial charge in [-0.15, -0.1) is 0 Å². The Morgan fingerprint density at radius 3 is 2.21 bits per heavy atom. The van der Waals surface area contributed by atoms with Crippen molar-refractivity contribution in [3.63, 3.8) is 0 Å². The minimum absolute atomic E-state index is 0.311. The molecule has 0 heterocycles. The topological polar surface area (TPSA) is 29.3 Å². The number of hydrogen-bond donors (Lipinski definition) is 1. The Kier molecular flexibility index (Phi) is 6.38. The SMILES string of the molecule is CCCC(N)CCN(C)C(C)(C)CC. The summed E-state index contributed by atoms with van der Waals surface area (Å²) in [4.78, 5) is 2.42. The van der Waals surface area contributed by atoms with Gasteiger partial charge in [-0.05, 0) is 46.7 Å². The van der Waals surface area contributed by atoms with Gasteiger partial charge in [0.05, 0.1) is 0 Å². The van der Waals surface area contributed by atoms with Gasteiger partial charge in [-0.2, -0.15) is 0 Å². The highest BCUT2D eigenvalue weighted by Crippen LogP contribution is 2.16. The molecule has 0 bridgehead atoms. The number of hydrogen-bond acceptors (Lipinski definition) is 2. The Bertz CT molecular complexity index is 143. The summed E-state index contributed by atoms with van der Waals surface area (Å²) in [7, 11) is 2.20. The summed E-state index contributed by atoms with van der Waals surface area (Å²) in [6.45, 7) is 10.1. The minimum Gasteiger partial charge on any atom is -0.328 e. The van der Waals surface area contributed by atoms with Crippen molar-refractivity contribution in [3.05, 3.63) is 0 Å². The van der Waals surface area contributed by atoms with Crippen molar-refractivity contribution in [3.8, 4) is 0 Å². The van der Waals surface area contributed by atoms with Crippen molar-refractivity contribution < 1.29 is 0 Å². The fraction of sp³-hybridized carbons (Fsp3) is 1.00. The molecule has 0 saturated heterocycles. The molecule has 0 aromatic heterocycles. The Morgan fingerprint density at radius 1 is 1.21 bits per heavy atom. The van der Waals surface area contributed by atoms with Crippen LogP contribution in [0.3, 0.4) is 0 Å². The Labute approximate surface area is 89.9 Å². The van der Waals surface area contributed by atoms with E-state index in [9.17, 15) is 0 Å². The maximum atomic E-state index is 5.99. The zero-order chi connectivity index (χ0) is 11.2. The molecule has 0 rings (SSSR count). The zero-order valence-electron chi connectivity index (χ0n) is 10.6. The van der Waals surface area contributed by atoms with Crippen molar-refractivity contribution in [2.75, 3.05) is 13.6 Å². The summed E-state index contributed by atoms with van der Waals surface area (Å²) >= 11 is 0. The van der Waals surface area contributed by atoms with Crippen molar-refractivity contribution in [2.24, 2.45) is 5.73 Å². The van der Waals surface area contributed by atoms with Crippen LogP contribution in [0.1, 0.15) is 53.4 Å². The molecule has 0 aliphatic rings. The molecule has 0 amide bonds. The summed E-state index contributed by atoms with van der Waals surface area (Å²) < 4.78 is 0. The summed E-state index contributed by atoms with van der Waals surface area (Å²) in [6.07, 6.45) is 4.66. The normalized spacial score (nSPS) is 14.8. The molecular formula is C12H28N2. The molecule has 2 nitrogen and oxygen atoms in total. The molecule has 0 aromatic rings. The lowest BCUT2D eigenvalue weighted by Gasteiger charge is -2.35. The van der Waals surface area contributed by atoms with Gasteiger partial charge < -0.3 is 10.6 Å². The third-order valence-corrected chi connectivity index (χ3v) is 3.39. The van der Waals surface area contributed by atoms with Crippen LogP contribution in [0.2, 0.25) is 0 Å². The smallest absolute Gasteiger partial charge is 0.0147 e. The maximum Gasteiger partial charge on any atom is 0.0147 e. The van der Waals surface area contributed by atoms with Crippen LogP contribution in [0.25, 0.3) is 0 Å². The molecule has 86 valence electrons. The first-order chi connectivity index (χ1) is 6.44. The van der Waals surface area contributed by atoms with E-state index in [0.29, 0.717) is 11.6 Å². The molecule has 0 fully saturated rings. The van der Waals surface area contributed by atoms with Crippen LogP contribution >= 0.6 is 0 Å². The lowest BCUT2D eigenvalue weighted by molar-refractivity contribution is 0.146. The van der Waals surface area contributed by atoms with Crippen LogP contribution < -0.4 is 5.73 Å². The number of rotatable bonds is 7. The summed E-state index contributed by atoms with van der Waals surface area (Å²) in [6, 6.07) is 0.384. The van der Waals surface area contributed by atoms with Gasteiger partial charge in [-0.1, -0.05) is 20.3 Å². The third-order valence-electron chi connectivity index (χ3n) is 3.39. The van der Waals surface area contributed by atoms with Crippen molar-refractivity contribution in [1.29, 1.82) is 0 Å². The highest BCUT2D eigenvalue weighted by molar-refractivity contribution is 4.78. The average Bonchev–Trinajstić information content (AvgIpc) is 2.14. The monoisotopic (exact) mass is 200 g/mol. The molecule has 14 heavy (non-hydrogen) atoms. The highest BCUT2D eigenvalue weighted by Gasteiger charge is 2.20. The molecule has 0 aliphatic heterocycles. The molecule has 0 radical (unpaired) electrons. The predicted octanol–water partition coefficient (Wildman–Crippen LogP) is 2.62. The first-order valence-electron chi connectivity index (χ1n) is 5.90. The Balaban J connectivity index is 3.78. The van der Waals surface area contributed by atoms with Crippen LogP contribution in [-0.4, -0.2) is 30.1 Å². The molecule has 0 aromatic carbocycles. The van der Waals surface area contributed by atoms with Gasteiger partial charge in [0.15, 0.2) is 0 Å². The van der Waals surface area contributed by atoms with E-state index >= 15 is 0 Å². The van der Waals surface area contributed by atoms with E-state index in [1.165, 1.54) is 12.8 Å². The van der Waals surface area contributed by atoms with E-state index in [4.69, 9.17) is 5.73 Å². The Hall–Kier alpha value is -0.0800. The molecule has 1 unspecified atom stereocenters. The van der Waals surface area contributed by atoms with E-state index in [2.05, 4.69) is 39.6 Å². The van der Waals surface area contributed by atoms with Gasteiger partial charge in [0, 0.05) is 11.6 Å². The molecule has 0 aliphatic carbocycles. The lowest BCUT2D eigenvalue weighted by atomic mass is 9.99. The van der Waals surface area contributed by atoms with Gasteiger partial charge in [0.25, 0.3) is 0 Å². The van der Waals surface area contributed by atoms with Gasteiger partial charge >= 0.3 is 0 Å². The zero-order valence-corrected chi connectivity index (χ0v) is 10.6. The number of nitrogens with zero attached hydrogens (tertiary/aromatic N) is 1. The fourth-order valence-electron chi connectivity index (χ4n) is 1.45. The fourth-order valence-corrected chi connectivity index (χ4v) is 1.45. The van der Waals surface area contributed by atoms with Crippen molar-refractivity contribution >= 4 is 0 Å². The standard InChI is InChI=1S/C12H28N2/c1-6-8-11(13)9-10-14(5)12(3,4)7-2/h11H,6-10,13H2,1-5H3. The minimum atomic E-state index is 0.311. The van der Waals surface area contributed by atoms with Gasteiger partial charge in [0.1, 0.15) is 0 Å². The molecule has 0 spiro atoms. The van der Waals surface area contributed by atoms with Crippen LogP contribution in [0.15, 0.2) is 0 Å². The second-order valence-corrected chi connectivity index (χ2v) is 4.92. The highest BCUT2D eigenvalue weighted by atomic mass is 15.2. The first kappa shape index (κ1) is 13.9. The molecular weight excluding hydrogens is 172 g/mol. The van der Waals surface area contributed by atoms with Crippen LogP contribution in [0.4, 0.5) is 0 Å². The van der Waals surface area contributed by atoms with E-state index in [-0.39, 0.29) is 0 Å². The lowest BCUT2D eigenvalue weighted by Crippen LogP contribution is -2.42. The van der Waals surface area contributed by atoms with Crippen molar-refractivity contribution in [1.82, 2.24) is 4.90 Å². The molecule has 2 heteroatoms. The first-order valence-corrected chi connectivity index (χ1v) is 5.90. The number of nitrogens with two attached hydrogens (primary N) is 1. The quantitative estimate of drug-likeness (QED) is 0.684. The van der Waals surface area contributed by atoms with E-state index in [1.807, 2.05) is 0 Å². The maximum absolute atomic E-state index is 5.99. The average molecular weight is 200 g/mol. The van der Waals surface area contributed by atoms with Gasteiger partial charge in [-0.3, -0.25) is 0 Å². The molecule has 2 N–H and O–H groups in total. The van der Waals surface area contributed by atoms with Crippen LogP contribution in [-0.2, 0) is 0 Å². The van der Waals surface area contributed by atoms with Gasteiger partial charge in [0.2, 0.25) is 0 Å². The summed E-state index contributed by atoms with van der Waals surface area (Å²) in [5.41, 5.74) is 6.30. The van der Waals surface area contributed by atoms with E-state index < -0.39 is 0 Å². The molecule has 0 saturated carbocycles. The summed E-state index contributed by atoms with van der Waals surface area (Å²) in [5.74, 6) is 0. The van der Waals surface area contributed by atoms with Crippen LogP contribution in [0, 0.1) is 0 Å².